The van der Waals surface area contributed by atoms with Crippen LogP contribution in [0.5, 0.6) is 11.5 Å². The van der Waals surface area contributed by atoms with Gasteiger partial charge in [0.25, 0.3) is 0 Å². The van der Waals surface area contributed by atoms with Crippen LogP contribution in [0, 0.1) is 10.1 Å². The zero-order chi connectivity index (χ0) is 17.5. The van der Waals surface area contributed by atoms with Gasteiger partial charge in [0.1, 0.15) is 5.75 Å². The molecule has 124 valence electrons. The number of hydrazone groups is 1. The molecule has 0 spiro atoms. The average Bonchev–Trinajstić information content (AvgIpc) is 2.56. The van der Waals surface area contributed by atoms with Crippen molar-refractivity contribution < 1.29 is 14.8 Å². The highest BCUT2D eigenvalue weighted by molar-refractivity contribution is 7.80. The molecule has 2 aromatic carbocycles. The van der Waals surface area contributed by atoms with E-state index in [2.05, 4.69) is 15.8 Å². The summed E-state index contributed by atoms with van der Waals surface area (Å²) in [5, 5.41) is 27.2. The van der Waals surface area contributed by atoms with Crippen LogP contribution in [0.4, 0.5) is 11.4 Å². The van der Waals surface area contributed by atoms with Crippen molar-refractivity contribution in [3.8, 4) is 11.5 Å². The van der Waals surface area contributed by atoms with Crippen molar-refractivity contribution in [2.24, 2.45) is 5.10 Å². The minimum atomic E-state index is -0.672. The van der Waals surface area contributed by atoms with E-state index < -0.39 is 16.4 Å². The van der Waals surface area contributed by atoms with Crippen LogP contribution < -0.4 is 15.5 Å². The van der Waals surface area contributed by atoms with Crippen LogP contribution in [0.15, 0.2) is 47.6 Å². The van der Waals surface area contributed by atoms with E-state index in [9.17, 15) is 15.2 Å². The Balaban J connectivity index is 1.97. The molecular formula is C15H14N4O4S. The number of anilines is 1. The molecule has 3 N–H and O–H groups in total. The largest absolute Gasteiger partial charge is 0.502 e. The smallest absolute Gasteiger partial charge is 0.311 e. The normalized spacial score (nSPS) is 10.4. The number of hydrogen-bond donors (Lipinski definition) is 3. The number of nitro benzene ring substituents is 1. The second-order valence-electron chi connectivity index (χ2n) is 4.56. The van der Waals surface area contributed by atoms with Gasteiger partial charge in [-0.2, -0.15) is 5.10 Å². The lowest BCUT2D eigenvalue weighted by Crippen LogP contribution is -2.23. The molecule has 0 unspecified atom stereocenters. The van der Waals surface area contributed by atoms with Crippen molar-refractivity contribution in [2.45, 2.75) is 0 Å². The summed E-state index contributed by atoms with van der Waals surface area (Å²) in [6.45, 7) is 0. The van der Waals surface area contributed by atoms with Crippen LogP contribution in [0.1, 0.15) is 5.56 Å². The quantitative estimate of drug-likeness (QED) is 0.330. The molecule has 0 saturated heterocycles. The zero-order valence-corrected chi connectivity index (χ0v) is 13.4. The summed E-state index contributed by atoms with van der Waals surface area (Å²) in [5.41, 5.74) is 3.37. The van der Waals surface area contributed by atoms with Crippen molar-refractivity contribution in [1.29, 1.82) is 0 Å². The summed E-state index contributed by atoms with van der Waals surface area (Å²) in [5.74, 6) is 0.281. The van der Waals surface area contributed by atoms with E-state index in [0.717, 1.165) is 5.69 Å². The number of ether oxygens (including phenoxy) is 1. The fourth-order valence-electron chi connectivity index (χ4n) is 1.79. The Morgan fingerprint density at radius 3 is 2.88 bits per heavy atom. The summed E-state index contributed by atoms with van der Waals surface area (Å²) in [6.07, 6.45) is 1.35. The number of rotatable bonds is 5. The van der Waals surface area contributed by atoms with E-state index >= 15 is 0 Å². The lowest BCUT2D eigenvalue weighted by Gasteiger charge is -2.08. The van der Waals surface area contributed by atoms with E-state index in [-0.39, 0.29) is 5.11 Å². The van der Waals surface area contributed by atoms with E-state index in [4.69, 9.17) is 17.0 Å². The molecule has 0 aliphatic heterocycles. The Morgan fingerprint density at radius 1 is 1.38 bits per heavy atom. The molecule has 0 radical (unpaired) electrons. The minimum absolute atomic E-state index is 0.243. The number of thiocarbonyl (C=S) groups is 1. The first-order chi connectivity index (χ1) is 11.5. The third-order valence-electron chi connectivity index (χ3n) is 2.90. The maximum atomic E-state index is 10.8. The summed E-state index contributed by atoms with van der Waals surface area (Å²) in [4.78, 5) is 10.1. The summed E-state index contributed by atoms with van der Waals surface area (Å²) in [6, 6.07) is 11.1. The maximum absolute atomic E-state index is 10.8. The van der Waals surface area contributed by atoms with Crippen LogP contribution in [0.2, 0.25) is 0 Å². The van der Waals surface area contributed by atoms with Crippen molar-refractivity contribution in [3.63, 3.8) is 0 Å². The van der Waals surface area contributed by atoms with Crippen molar-refractivity contribution in [3.05, 3.63) is 58.1 Å². The van der Waals surface area contributed by atoms with Crippen molar-refractivity contribution >= 4 is 34.9 Å². The molecule has 8 nitrogen and oxygen atoms in total. The summed E-state index contributed by atoms with van der Waals surface area (Å²) in [7, 11) is 1.57. The van der Waals surface area contributed by atoms with Crippen LogP contribution >= 0.6 is 12.2 Å². The van der Waals surface area contributed by atoms with Gasteiger partial charge in [-0.25, -0.2) is 0 Å². The molecule has 0 aliphatic rings. The predicted molar refractivity (Wildman–Crippen MR) is 94.7 cm³/mol. The predicted octanol–water partition coefficient (Wildman–Crippen LogP) is 2.63. The number of phenolic OH excluding ortho intramolecular Hbond substituents is 1. The molecule has 2 rings (SSSR count). The molecule has 0 saturated carbocycles. The van der Waals surface area contributed by atoms with Gasteiger partial charge in [0, 0.05) is 23.4 Å². The Kier molecular flexibility index (Phi) is 5.63. The fourth-order valence-corrected chi connectivity index (χ4v) is 1.96. The van der Waals surface area contributed by atoms with Gasteiger partial charge in [-0.3, -0.25) is 15.5 Å². The van der Waals surface area contributed by atoms with Gasteiger partial charge in [0.15, 0.2) is 10.9 Å². The van der Waals surface area contributed by atoms with Gasteiger partial charge < -0.3 is 15.2 Å². The first-order valence-electron chi connectivity index (χ1n) is 6.71. The van der Waals surface area contributed by atoms with Gasteiger partial charge in [-0.05, 0) is 36.5 Å². The molecule has 0 fully saturated rings. The first kappa shape index (κ1) is 17.2. The number of nitrogens with zero attached hydrogens (tertiary/aromatic N) is 2. The minimum Gasteiger partial charge on any atom is -0.502 e. The Hall–Kier alpha value is -3.20. The van der Waals surface area contributed by atoms with Gasteiger partial charge in [-0.15, -0.1) is 0 Å². The molecule has 9 heteroatoms. The summed E-state index contributed by atoms with van der Waals surface area (Å²) >= 11 is 5.09. The molecule has 0 aromatic heterocycles. The lowest BCUT2D eigenvalue weighted by atomic mass is 10.2. The van der Waals surface area contributed by atoms with Crippen LogP contribution in [-0.2, 0) is 0 Å². The van der Waals surface area contributed by atoms with Gasteiger partial charge >= 0.3 is 5.69 Å². The molecule has 0 bridgehead atoms. The molecule has 0 atom stereocenters. The molecule has 24 heavy (non-hydrogen) atoms. The topological polar surface area (TPSA) is 109 Å². The SMILES string of the molecule is COc1cccc(NC(=S)N/N=C\c2ccc(O)c([N+](=O)[O-])c2)c1. The zero-order valence-electron chi connectivity index (χ0n) is 12.6. The van der Waals surface area contributed by atoms with Gasteiger partial charge in [0.2, 0.25) is 0 Å². The standard InChI is InChI=1S/C15H14N4O4S/c1-23-12-4-2-3-11(8-12)17-15(24)18-16-9-10-5-6-14(20)13(7-10)19(21)22/h2-9,20H,1H3,(H2,17,18,24)/b16-9-. The van der Waals surface area contributed by atoms with Crippen LogP contribution in [0.3, 0.4) is 0 Å². The van der Waals surface area contributed by atoms with Crippen molar-refractivity contribution in [1.82, 2.24) is 5.43 Å². The highest BCUT2D eigenvalue weighted by atomic mass is 32.1. The van der Waals surface area contributed by atoms with Crippen LogP contribution in [-0.4, -0.2) is 28.5 Å². The van der Waals surface area contributed by atoms with E-state index in [1.54, 1.807) is 19.2 Å². The number of phenols is 1. The molecular weight excluding hydrogens is 332 g/mol. The second kappa shape index (κ2) is 7.88. The third-order valence-corrected chi connectivity index (χ3v) is 3.10. The first-order valence-corrected chi connectivity index (χ1v) is 7.12. The monoisotopic (exact) mass is 346 g/mol. The fraction of sp³-hybridized carbons (Fsp3) is 0.0667. The number of methoxy groups -OCH3 is 1. The van der Waals surface area contributed by atoms with Gasteiger partial charge in [-0.1, -0.05) is 6.07 Å². The number of hydrogen-bond acceptors (Lipinski definition) is 6. The molecule has 0 amide bonds. The number of aromatic hydroxyl groups is 1. The molecule has 2 aromatic rings. The highest BCUT2D eigenvalue weighted by Gasteiger charge is 2.12. The van der Waals surface area contributed by atoms with Gasteiger partial charge in [0.05, 0.1) is 18.2 Å². The average molecular weight is 346 g/mol. The van der Waals surface area contributed by atoms with Crippen LogP contribution in [0.25, 0.3) is 0 Å². The Labute approximate surface area is 142 Å². The second-order valence-corrected chi connectivity index (χ2v) is 4.97. The number of benzene rings is 2. The molecule has 0 aliphatic carbocycles. The van der Waals surface area contributed by atoms with E-state index in [1.807, 2.05) is 12.1 Å². The number of nitrogens with one attached hydrogen (secondary N) is 2. The Morgan fingerprint density at radius 2 is 2.17 bits per heavy atom. The van der Waals surface area contributed by atoms with E-state index in [0.29, 0.717) is 11.3 Å². The number of nitro groups is 1. The van der Waals surface area contributed by atoms with E-state index in [1.165, 1.54) is 24.4 Å². The summed E-state index contributed by atoms with van der Waals surface area (Å²) < 4.78 is 5.11. The van der Waals surface area contributed by atoms with Crippen molar-refractivity contribution in [2.75, 3.05) is 12.4 Å². The highest BCUT2D eigenvalue weighted by Crippen LogP contribution is 2.25. The maximum Gasteiger partial charge on any atom is 0.311 e. The third kappa shape index (κ3) is 4.65. The lowest BCUT2D eigenvalue weighted by molar-refractivity contribution is -0.385. The Bertz CT molecular complexity index is 795. The molecule has 0 heterocycles.